The second-order valence-corrected chi connectivity index (χ2v) is 6.29. The van der Waals surface area contributed by atoms with E-state index in [4.69, 9.17) is 28.3 Å². The van der Waals surface area contributed by atoms with Gasteiger partial charge in [-0.2, -0.15) is 0 Å². The van der Waals surface area contributed by atoms with Gasteiger partial charge in [0.25, 0.3) is 5.91 Å². The number of nitrogens with zero attached hydrogens (tertiary/aromatic N) is 3. The van der Waals surface area contributed by atoms with E-state index in [1.54, 1.807) is 12.1 Å². The molecule has 0 spiro atoms. The van der Waals surface area contributed by atoms with Crippen molar-refractivity contribution in [3.63, 3.8) is 0 Å². The van der Waals surface area contributed by atoms with Crippen molar-refractivity contribution in [1.82, 2.24) is 0 Å². The van der Waals surface area contributed by atoms with Crippen molar-refractivity contribution in [1.29, 1.82) is 0 Å². The van der Waals surface area contributed by atoms with Gasteiger partial charge in [0.15, 0.2) is 12.1 Å². The van der Waals surface area contributed by atoms with Gasteiger partial charge < -0.3 is 15.3 Å². The highest BCUT2D eigenvalue weighted by atomic mass is 35.5. The van der Waals surface area contributed by atoms with E-state index in [0.717, 1.165) is 18.8 Å². The predicted octanol–water partition coefficient (Wildman–Crippen LogP) is 2.29. The fraction of sp³-hybridized carbons (Fsp3) is 0.250. The summed E-state index contributed by atoms with van der Waals surface area (Å²) in [5, 5.41) is 12.5. The Balaban J connectivity index is 1.79. The summed E-state index contributed by atoms with van der Waals surface area (Å²) in [6.07, 6.45) is 6.59. The third kappa shape index (κ3) is 3.67. The molecule has 3 rings (SSSR count). The Hall–Kier alpha value is -2.38. The Morgan fingerprint density at radius 1 is 1.08 bits per heavy atom. The highest BCUT2D eigenvalue weighted by Gasteiger charge is 2.34. The lowest BCUT2D eigenvalue weighted by molar-refractivity contribution is -0.140. The first-order valence-electron chi connectivity index (χ1n) is 7.45. The number of hydrogen-bond donors (Lipinski definition) is 2. The van der Waals surface area contributed by atoms with Gasteiger partial charge in [-0.3, -0.25) is 14.8 Å². The lowest BCUT2D eigenvalue weighted by atomic mass is 10.1. The molecule has 0 radical (unpaired) electrons. The number of benzene rings is 1. The topological polar surface area (TPSA) is 94.4 Å². The summed E-state index contributed by atoms with van der Waals surface area (Å²) >= 11 is 12.6. The van der Waals surface area contributed by atoms with Crippen molar-refractivity contribution in [2.45, 2.75) is 12.1 Å². The lowest BCUT2D eigenvalue weighted by Gasteiger charge is -2.22. The van der Waals surface area contributed by atoms with Crippen molar-refractivity contribution in [3.05, 3.63) is 34.3 Å². The van der Waals surface area contributed by atoms with Crippen molar-refractivity contribution in [2.75, 3.05) is 23.3 Å². The molecule has 0 saturated heterocycles. The number of nitrogens with one attached hydrogen (secondary N) is 1. The second kappa shape index (κ2) is 7.25. The molecule has 2 aliphatic heterocycles. The molecule has 2 atom stereocenters. The molecule has 9 heteroatoms. The fourth-order valence-corrected chi connectivity index (χ4v) is 3.08. The van der Waals surface area contributed by atoms with E-state index in [9.17, 15) is 9.59 Å². The molecule has 0 aliphatic carbocycles. The van der Waals surface area contributed by atoms with Crippen molar-refractivity contribution >= 4 is 58.9 Å². The maximum Gasteiger partial charge on any atom is 0.331 e. The zero-order valence-electron chi connectivity index (χ0n) is 12.9. The summed E-state index contributed by atoms with van der Waals surface area (Å²) in [5.74, 6) is -1.84. The van der Waals surface area contributed by atoms with Gasteiger partial charge in [-0.05, 0) is 12.1 Å². The average Bonchev–Trinajstić information content (AvgIpc) is 3.12. The van der Waals surface area contributed by atoms with E-state index in [2.05, 4.69) is 15.3 Å². The smallest absolute Gasteiger partial charge is 0.331 e. The van der Waals surface area contributed by atoms with Crippen LogP contribution < -0.4 is 10.2 Å². The van der Waals surface area contributed by atoms with E-state index in [-0.39, 0.29) is 0 Å². The Labute approximate surface area is 153 Å². The zero-order valence-corrected chi connectivity index (χ0v) is 14.4. The minimum Gasteiger partial charge on any atom is -0.480 e. The normalized spacial score (nSPS) is 21.6. The van der Waals surface area contributed by atoms with Crippen LogP contribution in [0.2, 0.25) is 10.0 Å². The molecule has 0 saturated carbocycles. The van der Waals surface area contributed by atoms with Gasteiger partial charge in [0.1, 0.15) is 0 Å². The highest BCUT2D eigenvalue weighted by molar-refractivity contribution is 6.37. The van der Waals surface area contributed by atoms with Crippen LogP contribution in [0.15, 0.2) is 34.3 Å². The number of carboxylic acid groups (broad SMARTS) is 1. The molecule has 2 heterocycles. The van der Waals surface area contributed by atoms with Crippen LogP contribution in [0, 0.1) is 0 Å². The van der Waals surface area contributed by atoms with Crippen molar-refractivity contribution in [3.8, 4) is 0 Å². The molecule has 1 aromatic rings. The molecule has 0 fully saturated rings. The SMILES string of the molecule is O=C(O)C1N=CC=NC1C(=O)Nc1cc(Cl)c(N2CC=CC2)cc1Cl. The van der Waals surface area contributed by atoms with Crippen LogP contribution >= 0.6 is 23.2 Å². The first kappa shape index (κ1) is 17.4. The molecule has 1 aromatic carbocycles. The molecule has 2 N–H and O–H groups in total. The van der Waals surface area contributed by atoms with E-state index >= 15 is 0 Å². The molecule has 0 aromatic heterocycles. The minimum absolute atomic E-state index is 0.293. The summed E-state index contributed by atoms with van der Waals surface area (Å²) in [7, 11) is 0. The third-order valence-electron chi connectivity index (χ3n) is 3.83. The van der Waals surface area contributed by atoms with Crippen LogP contribution in [0.3, 0.4) is 0 Å². The van der Waals surface area contributed by atoms with Crippen LogP contribution in [0.25, 0.3) is 0 Å². The van der Waals surface area contributed by atoms with Gasteiger partial charge in [-0.15, -0.1) is 0 Å². The number of carboxylic acids is 1. The number of anilines is 2. The summed E-state index contributed by atoms with van der Waals surface area (Å²) < 4.78 is 0. The Morgan fingerprint density at radius 3 is 2.36 bits per heavy atom. The number of amides is 1. The van der Waals surface area contributed by atoms with Crippen molar-refractivity contribution < 1.29 is 14.7 Å². The van der Waals surface area contributed by atoms with Gasteiger partial charge in [0.05, 0.1) is 21.4 Å². The van der Waals surface area contributed by atoms with Crippen LogP contribution in [0.1, 0.15) is 0 Å². The van der Waals surface area contributed by atoms with E-state index in [1.807, 2.05) is 17.1 Å². The Bertz CT molecular complexity index is 799. The Morgan fingerprint density at radius 2 is 1.72 bits per heavy atom. The number of carbonyl (C=O) groups excluding carboxylic acids is 1. The molecule has 130 valence electrons. The summed E-state index contributed by atoms with van der Waals surface area (Å²) in [4.78, 5) is 33.3. The maximum atomic E-state index is 12.4. The van der Waals surface area contributed by atoms with Gasteiger partial charge in [-0.1, -0.05) is 35.4 Å². The summed E-state index contributed by atoms with van der Waals surface area (Å²) in [6, 6.07) is 0.777. The number of halogens is 2. The summed E-state index contributed by atoms with van der Waals surface area (Å²) in [5.41, 5.74) is 1.06. The first-order valence-corrected chi connectivity index (χ1v) is 8.20. The minimum atomic E-state index is -1.27. The Kier molecular flexibility index (Phi) is 5.06. The third-order valence-corrected chi connectivity index (χ3v) is 4.45. The molecule has 2 unspecified atom stereocenters. The molecular formula is C16H14Cl2N4O3. The van der Waals surface area contributed by atoms with Crippen molar-refractivity contribution in [2.24, 2.45) is 9.98 Å². The summed E-state index contributed by atoms with van der Waals surface area (Å²) in [6.45, 7) is 1.47. The fourth-order valence-electron chi connectivity index (χ4n) is 2.59. The zero-order chi connectivity index (χ0) is 18.0. The number of aliphatic carboxylic acids is 1. The van der Waals surface area contributed by atoms with E-state index < -0.39 is 24.0 Å². The van der Waals surface area contributed by atoms with Crippen LogP contribution in [-0.4, -0.2) is 54.6 Å². The average molecular weight is 381 g/mol. The van der Waals surface area contributed by atoms with Gasteiger partial charge >= 0.3 is 5.97 Å². The molecule has 7 nitrogen and oxygen atoms in total. The molecule has 1 amide bonds. The largest absolute Gasteiger partial charge is 0.480 e. The standard InChI is InChI=1S/C16H14Cl2N4O3/c17-9-8-12(22-5-1-2-6-22)10(18)7-11(9)21-15(23)13-14(16(24)25)20-4-3-19-13/h1-4,7-8,13-14H,5-6H2,(H,21,23)(H,24,25). The number of rotatable bonds is 4. The quantitative estimate of drug-likeness (QED) is 0.783. The molecular weight excluding hydrogens is 367 g/mol. The van der Waals surface area contributed by atoms with Gasteiger partial charge in [0.2, 0.25) is 0 Å². The van der Waals surface area contributed by atoms with Crippen LogP contribution in [0.4, 0.5) is 11.4 Å². The molecule has 2 aliphatic rings. The molecule has 0 bridgehead atoms. The van der Waals surface area contributed by atoms with Gasteiger partial charge in [-0.25, -0.2) is 4.79 Å². The number of aliphatic imine (C=N–C) groups is 2. The van der Waals surface area contributed by atoms with E-state index in [0.29, 0.717) is 15.7 Å². The second-order valence-electron chi connectivity index (χ2n) is 5.47. The predicted molar refractivity (Wildman–Crippen MR) is 98.6 cm³/mol. The highest BCUT2D eigenvalue weighted by Crippen LogP contribution is 2.35. The number of carbonyl (C=O) groups is 2. The van der Waals surface area contributed by atoms with Crippen LogP contribution in [-0.2, 0) is 9.59 Å². The number of hydrogen-bond acceptors (Lipinski definition) is 5. The van der Waals surface area contributed by atoms with E-state index in [1.165, 1.54) is 12.4 Å². The van der Waals surface area contributed by atoms with Crippen LogP contribution in [0.5, 0.6) is 0 Å². The first-order chi connectivity index (χ1) is 12.0. The molecule has 25 heavy (non-hydrogen) atoms. The monoisotopic (exact) mass is 380 g/mol. The lowest BCUT2D eigenvalue weighted by Crippen LogP contribution is -2.42. The van der Waals surface area contributed by atoms with Gasteiger partial charge in [0, 0.05) is 25.5 Å². The maximum absolute atomic E-state index is 12.4.